The molecule has 1 heterocycles. The molecule has 0 atom stereocenters. The van der Waals surface area contributed by atoms with Crippen molar-refractivity contribution in [3.63, 3.8) is 0 Å². The Hall–Kier alpha value is -3.06. The Morgan fingerprint density at radius 1 is 1.10 bits per heavy atom. The monoisotopic (exact) mass is 423 g/mol. The number of nitrogens with one attached hydrogen (secondary N) is 1. The molecule has 156 valence electrons. The molecule has 30 heavy (non-hydrogen) atoms. The SMILES string of the molecule is CCCCOc1ccc(C(=O)Nc2ccc(Sc3ncccn3)cc2C)cc1OC. The van der Waals surface area contributed by atoms with Crippen LogP contribution in [0, 0.1) is 6.92 Å². The number of carbonyl (C=O) groups excluding carboxylic acids is 1. The van der Waals surface area contributed by atoms with Crippen LogP contribution in [0.25, 0.3) is 0 Å². The number of nitrogens with zero attached hydrogens (tertiary/aromatic N) is 2. The number of methoxy groups -OCH3 is 1. The largest absolute Gasteiger partial charge is 0.493 e. The molecule has 7 heteroatoms. The van der Waals surface area contributed by atoms with Crippen LogP contribution in [0.2, 0.25) is 0 Å². The molecule has 1 amide bonds. The summed E-state index contributed by atoms with van der Waals surface area (Å²) in [6, 6.07) is 12.8. The molecule has 0 bridgehead atoms. The number of hydrogen-bond donors (Lipinski definition) is 1. The van der Waals surface area contributed by atoms with Crippen LogP contribution in [0.15, 0.2) is 64.9 Å². The van der Waals surface area contributed by atoms with Crippen LogP contribution in [-0.4, -0.2) is 29.6 Å². The van der Waals surface area contributed by atoms with E-state index in [4.69, 9.17) is 9.47 Å². The summed E-state index contributed by atoms with van der Waals surface area (Å²) < 4.78 is 11.1. The Bertz CT molecular complexity index is 996. The maximum Gasteiger partial charge on any atom is 0.255 e. The smallest absolute Gasteiger partial charge is 0.255 e. The van der Waals surface area contributed by atoms with E-state index in [1.165, 1.54) is 11.8 Å². The summed E-state index contributed by atoms with van der Waals surface area (Å²) in [5.41, 5.74) is 2.21. The Morgan fingerprint density at radius 3 is 2.60 bits per heavy atom. The van der Waals surface area contributed by atoms with E-state index < -0.39 is 0 Å². The van der Waals surface area contributed by atoms with E-state index in [1.807, 2.05) is 25.1 Å². The van der Waals surface area contributed by atoms with Crippen molar-refractivity contribution in [1.82, 2.24) is 9.97 Å². The first-order valence-electron chi connectivity index (χ1n) is 9.78. The number of amides is 1. The van der Waals surface area contributed by atoms with Crippen LogP contribution in [0.1, 0.15) is 35.7 Å². The minimum Gasteiger partial charge on any atom is -0.493 e. The van der Waals surface area contributed by atoms with Crippen LogP contribution in [0.5, 0.6) is 11.5 Å². The molecular weight excluding hydrogens is 398 g/mol. The average molecular weight is 424 g/mol. The van der Waals surface area contributed by atoms with Gasteiger partial charge >= 0.3 is 0 Å². The van der Waals surface area contributed by atoms with Crippen molar-refractivity contribution >= 4 is 23.4 Å². The third-order valence-electron chi connectivity index (χ3n) is 4.38. The number of rotatable bonds is 9. The molecule has 2 aromatic carbocycles. The van der Waals surface area contributed by atoms with Gasteiger partial charge < -0.3 is 14.8 Å². The van der Waals surface area contributed by atoms with Gasteiger partial charge in [0, 0.05) is 28.5 Å². The Labute approximate surface area is 181 Å². The predicted octanol–water partition coefficient (Wildman–Crippen LogP) is 5.38. The van der Waals surface area contributed by atoms with E-state index in [0.717, 1.165) is 29.0 Å². The van der Waals surface area contributed by atoms with Crippen LogP contribution >= 0.6 is 11.8 Å². The molecule has 0 saturated carbocycles. The van der Waals surface area contributed by atoms with Gasteiger partial charge in [0.25, 0.3) is 5.91 Å². The number of unbranched alkanes of at least 4 members (excludes halogenated alkanes) is 1. The Morgan fingerprint density at radius 2 is 1.90 bits per heavy atom. The summed E-state index contributed by atoms with van der Waals surface area (Å²) >= 11 is 1.47. The van der Waals surface area contributed by atoms with Crippen molar-refractivity contribution < 1.29 is 14.3 Å². The van der Waals surface area contributed by atoms with Gasteiger partial charge in [-0.3, -0.25) is 4.79 Å². The zero-order valence-corrected chi connectivity index (χ0v) is 18.2. The van der Waals surface area contributed by atoms with E-state index in [1.54, 1.807) is 43.8 Å². The minimum atomic E-state index is -0.205. The van der Waals surface area contributed by atoms with Gasteiger partial charge in [-0.05, 0) is 73.1 Å². The Kier molecular flexibility index (Phi) is 7.68. The first kappa shape index (κ1) is 21.6. The number of aryl methyl sites for hydroxylation is 1. The topological polar surface area (TPSA) is 73.3 Å². The van der Waals surface area contributed by atoms with Crippen molar-refractivity contribution in [2.24, 2.45) is 0 Å². The van der Waals surface area contributed by atoms with E-state index in [9.17, 15) is 4.79 Å². The Balaban J connectivity index is 1.69. The van der Waals surface area contributed by atoms with Crippen LogP contribution in [0.3, 0.4) is 0 Å². The lowest BCUT2D eigenvalue weighted by molar-refractivity contribution is 0.102. The number of benzene rings is 2. The molecule has 0 fully saturated rings. The highest BCUT2D eigenvalue weighted by Crippen LogP contribution is 2.30. The molecule has 0 aliphatic heterocycles. The molecule has 1 N–H and O–H groups in total. The summed E-state index contributed by atoms with van der Waals surface area (Å²) in [4.78, 5) is 22.2. The van der Waals surface area contributed by atoms with Crippen LogP contribution in [0.4, 0.5) is 5.69 Å². The van der Waals surface area contributed by atoms with Gasteiger partial charge in [-0.2, -0.15) is 0 Å². The molecular formula is C23H25N3O3S. The van der Waals surface area contributed by atoms with Crippen molar-refractivity contribution in [2.45, 2.75) is 36.7 Å². The lowest BCUT2D eigenvalue weighted by Crippen LogP contribution is -2.13. The maximum atomic E-state index is 12.7. The van der Waals surface area contributed by atoms with Crippen molar-refractivity contribution in [3.8, 4) is 11.5 Å². The van der Waals surface area contributed by atoms with Gasteiger partial charge in [0.1, 0.15) is 0 Å². The van der Waals surface area contributed by atoms with Crippen molar-refractivity contribution in [1.29, 1.82) is 0 Å². The van der Waals surface area contributed by atoms with Crippen molar-refractivity contribution in [2.75, 3.05) is 19.0 Å². The zero-order chi connectivity index (χ0) is 21.3. The van der Waals surface area contributed by atoms with Crippen LogP contribution < -0.4 is 14.8 Å². The summed E-state index contributed by atoms with van der Waals surface area (Å²) in [7, 11) is 1.57. The fourth-order valence-electron chi connectivity index (χ4n) is 2.73. The van der Waals surface area contributed by atoms with E-state index in [-0.39, 0.29) is 5.91 Å². The number of anilines is 1. The lowest BCUT2D eigenvalue weighted by atomic mass is 10.1. The molecule has 0 saturated heterocycles. The van der Waals surface area contributed by atoms with Crippen LogP contribution in [-0.2, 0) is 0 Å². The molecule has 6 nitrogen and oxygen atoms in total. The van der Waals surface area contributed by atoms with Gasteiger partial charge in [-0.25, -0.2) is 9.97 Å². The van der Waals surface area contributed by atoms with E-state index in [2.05, 4.69) is 22.2 Å². The molecule has 0 aliphatic carbocycles. The molecule has 0 aliphatic rings. The first-order valence-corrected chi connectivity index (χ1v) is 10.6. The lowest BCUT2D eigenvalue weighted by Gasteiger charge is -2.13. The molecule has 0 radical (unpaired) electrons. The summed E-state index contributed by atoms with van der Waals surface area (Å²) in [5, 5.41) is 3.65. The van der Waals surface area contributed by atoms with Crippen molar-refractivity contribution in [3.05, 3.63) is 66.0 Å². The maximum absolute atomic E-state index is 12.7. The number of hydrogen-bond acceptors (Lipinski definition) is 6. The second-order valence-corrected chi connectivity index (χ2v) is 7.67. The third-order valence-corrected chi connectivity index (χ3v) is 5.26. The fourth-order valence-corrected chi connectivity index (χ4v) is 3.54. The van der Waals surface area contributed by atoms with E-state index in [0.29, 0.717) is 28.8 Å². The zero-order valence-electron chi connectivity index (χ0n) is 17.3. The molecule has 1 aromatic heterocycles. The third kappa shape index (κ3) is 5.73. The summed E-state index contributed by atoms with van der Waals surface area (Å²) in [6.45, 7) is 4.68. The second kappa shape index (κ2) is 10.6. The molecule has 3 aromatic rings. The summed E-state index contributed by atoms with van der Waals surface area (Å²) in [5.74, 6) is 0.983. The predicted molar refractivity (Wildman–Crippen MR) is 119 cm³/mol. The molecule has 3 rings (SSSR count). The fraction of sp³-hybridized carbons (Fsp3) is 0.261. The molecule has 0 unspecified atom stereocenters. The second-order valence-electron chi connectivity index (χ2n) is 6.63. The molecule has 0 spiro atoms. The van der Waals surface area contributed by atoms with Gasteiger partial charge in [-0.1, -0.05) is 13.3 Å². The highest BCUT2D eigenvalue weighted by atomic mass is 32.2. The first-order chi connectivity index (χ1) is 14.6. The minimum absolute atomic E-state index is 0.205. The number of carbonyl (C=O) groups is 1. The average Bonchev–Trinajstić information content (AvgIpc) is 2.76. The standard InChI is InChI=1S/C23H25N3O3S/c1-4-5-13-29-20-10-7-17(15-21(20)28-3)22(27)26-19-9-8-18(14-16(19)2)30-23-24-11-6-12-25-23/h6-12,14-15H,4-5,13H2,1-3H3,(H,26,27). The number of ether oxygens (including phenoxy) is 2. The number of aromatic nitrogens is 2. The summed E-state index contributed by atoms with van der Waals surface area (Å²) in [6.07, 6.45) is 5.45. The van der Waals surface area contributed by atoms with Gasteiger partial charge in [-0.15, -0.1) is 0 Å². The normalized spacial score (nSPS) is 10.5. The van der Waals surface area contributed by atoms with Gasteiger partial charge in [0.2, 0.25) is 0 Å². The highest BCUT2D eigenvalue weighted by molar-refractivity contribution is 7.99. The van der Waals surface area contributed by atoms with E-state index >= 15 is 0 Å². The highest BCUT2D eigenvalue weighted by Gasteiger charge is 2.13. The van der Waals surface area contributed by atoms with Gasteiger partial charge in [0.05, 0.1) is 13.7 Å². The quantitative estimate of drug-likeness (QED) is 0.368. The van der Waals surface area contributed by atoms with Gasteiger partial charge in [0.15, 0.2) is 16.7 Å².